The molecule has 0 saturated carbocycles. The van der Waals surface area contributed by atoms with E-state index in [1.807, 2.05) is 35.0 Å². The van der Waals surface area contributed by atoms with Crippen LogP contribution >= 0.6 is 0 Å². The molecule has 3 rings (SSSR count). The lowest BCUT2D eigenvalue weighted by atomic mass is 10.1. The molecule has 1 aliphatic rings. The third-order valence-corrected chi connectivity index (χ3v) is 3.66. The van der Waals surface area contributed by atoms with Crippen LogP contribution in [0.3, 0.4) is 0 Å². The Balaban J connectivity index is 1.99. The summed E-state index contributed by atoms with van der Waals surface area (Å²) in [5.74, 6) is 0.866. The van der Waals surface area contributed by atoms with E-state index < -0.39 is 0 Å². The first-order chi connectivity index (χ1) is 9.75. The van der Waals surface area contributed by atoms with Crippen LogP contribution in [0.4, 0.5) is 5.69 Å². The number of nitrogen functional groups attached to an aromatic ring is 1. The standard InChI is InChI=1S/C15H18N4O/c16-12-5-3-4-11(10-12)14-17-8-9-19(14)13-6-1-2-7-18-15(13)20/h3-5,8-10,13H,1-2,6-7,16H2,(H,18,20). The molecular formula is C15H18N4O. The van der Waals surface area contributed by atoms with Crippen molar-refractivity contribution < 1.29 is 4.79 Å². The summed E-state index contributed by atoms with van der Waals surface area (Å²) in [7, 11) is 0. The van der Waals surface area contributed by atoms with Gasteiger partial charge in [-0.3, -0.25) is 4.79 Å². The predicted molar refractivity (Wildman–Crippen MR) is 78.0 cm³/mol. The van der Waals surface area contributed by atoms with Gasteiger partial charge in [0.2, 0.25) is 5.91 Å². The van der Waals surface area contributed by atoms with Crippen LogP contribution in [-0.2, 0) is 4.79 Å². The van der Waals surface area contributed by atoms with Gasteiger partial charge in [-0.2, -0.15) is 0 Å². The lowest BCUT2D eigenvalue weighted by Gasteiger charge is -2.17. The second-order valence-corrected chi connectivity index (χ2v) is 5.09. The molecule has 0 spiro atoms. The van der Waals surface area contributed by atoms with Crippen molar-refractivity contribution in [3.63, 3.8) is 0 Å². The van der Waals surface area contributed by atoms with E-state index in [2.05, 4.69) is 10.3 Å². The van der Waals surface area contributed by atoms with Crippen LogP contribution in [0.5, 0.6) is 0 Å². The van der Waals surface area contributed by atoms with Crippen molar-refractivity contribution in [1.29, 1.82) is 0 Å². The Hall–Kier alpha value is -2.30. The van der Waals surface area contributed by atoms with E-state index in [4.69, 9.17) is 5.73 Å². The number of hydrogen-bond donors (Lipinski definition) is 2. The first kappa shape index (κ1) is 12.7. The van der Waals surface area contributed by atoms with Gasteiger partial charge in [0, 0.05) is 30.2 Å². The van der Waals surface area contributed by atoms with Crippen molar-refractivity contribution in [1.82, 2.24) is 14.9 Å². The number of hydrogen-bond acceptors (Lipinski definition) is 3. The topological polar surface area (TPSA) is 72.9 Å². The van der Waals surface area contributed by atoms with Crippen LogP contribution in [0.1, 0.15) is 25.3 Å². The van der Waals surface area contributed by atoms with Gasteiger partial charge in [-0.25, -0.2) is 4.98 Å². The lowest BCUT2D eigenvalue weighted by molar-refractivity contribution is -0.124. The number of anilines is 1. The van der Waals surface area contributed by atoms with E-state index in [1.165, 1.54) is 0 Å². The van der Waals surface area contributed by atoms with E-state index in [0.717, 1.165) is 37.2 Å². The van der Waals surface area contributed by atoms with Gasteiger partial charge in [-0.15, -0.1) is 0 Å². The van der Waals surface area contributed by atoms with Crippen LogP contribution in [0.15, 0.2) is 36.7 Å². The molecule has 1 fully saturated rings. The van der Waals surface area contributed by atoms with Crippen molar-refractivity contribution in [2.45, 2.75) is 25.3 Å². The Kier molecular flexibility index (Phi) is 3.41. The van der Waals surface area contributed by atoms with Gasteiger partial charge >= 0.3 is 0 Å². The third-order valence-electron chi connectivity index (χ3n) is 3.66. The molecule has 1 aliphatic heterocycles. The Labute approximate surface area is 117 Å². The van der Waals surface area contributed by atoms with Crippen molar-refractivity contribution >= 4 is 11.6 Å². The largest absolute Gasteiger partial charge is 0.399 e. The average Bonchev–Trinajstić information content (AvgIpc) is 2.82. The number of carbonyl (C=O) groups is 1. The molecule has 0 radical (unpaired) electrons. The zero-order valence-electron chi connectivity index (χ0n) is 11.2. The van der Waals surface area contributed by atoms with Gasteiger partial charge in [-0.05, 0) is 31.4 Å². The maximum atomic E-state index is 12.2. The average molecular weight is 270 g/mol. The van der Waals surface area contributed by atoms with Crippen LogP contribution in [0.2, 0.25) is 0 Å². The second kappa shape index (κ2) is 5.36. The molecule has 1 atom stereocenters. The van der Waals surface area contributed by atoms with Crippen LogP contribution < -0.4 is 11.1 Å². The summed E-state index contributed by atoms with van der Waals surface area (Å²) in [5, 5.41) is 2.96. The number of aromatic nitrogens is 2. The van der Waals surface area contributed by atoms with Gasteiger partial charge in [0.05, 0.1) is 0 Å². The number of amides is 1. The third kappa shape index (κ3) is 2.39. The fraction of sp³-hybridized carbons (Fsp3) is 0.333. The first-order valence-corrected chi connectivity index (χ1v) is 6.92. The van der Waals surface area contributed by atoms with Crippen molar-refractivity contribution in [2.24, 2.45) is 0 Å². The monoisotopic (exact) mass is 270 g/mol. The number of rotatable bonds is 2. The molecule has 3 N–H and O–H groups in total. The van der Waals surface area contributed by atoms with Crippen molar-refractivity contribution in [2.75, 3.05) is 12.3 Å². The minimum atomic E-state index is -0.184. The second-order valence-electron chi connectivity index (χ2n) is 5.09. The summed E-state index contributed by atoms with van der Waals surface area (Å²) in [6.07, 6.45) is 6.52. The van der Waals surface area contributed by atoms with E-state index in [-0.39, 0.29) is 11.9 Å². The summed E-state index contributed by atoms with van der Waals surface area (Å²) in [4.78, 5) is 16.6. The minimum absolute atomic E-state index is 0.0747. The molecule has 5 heteroatoms. The fourth-order valence-corrected chi connectivity index (χ4v) is 2.65. The predicted octanol–water partition coefficient (Wildman–Crippen LogP) is 1.97. The molecule has 1 saturated heterocycles. The number of carbonyl (C=O) groups excluding carboxylic acids is 1. The van der Waals surface area contributed by atoms with E-state index in [9.17, 15) is 4.79 Å². The highest BCUT2D eigenvalue weighted by Gasteiger charge is 2.24. The Morgan fingerprint density at radius 2 is 2.25 bits per heavy atom. The summed E-state index contributed by atoms with van der Waals surface area (Å²) >= 11 is 0. The molecule has 1 unspecified atom stereocenters. The van der Waals surface area contributed by atoms with E-state index in [0.29, 0.717) is 5.69 Å². The number of imidazole rings is 1. The number of nitrogens with zero attached hydrogens (tertiary/aromatic N) is 2. The van der Waals surface area contributed by atoms with Gasteiger partial charge in [-0.1, -0.05) is 12.1 Å². The molecular weight excluding hydrogens is 252 g/mol. The Morgan fingerprint density at radius 1 is 1.35 bits per heavy atom. The summed E-state index contributed by atoms with van der Waals surface area (Å²) in [6.45, 7) is 0.762. The molecule has 2 aromatic rings. The quantitative estimate of drug-likeness (QED) is 0.819. The lowest BCUT2D eigenvalue weighted by Crippen LogP contribution is -2.30. The SMILES string of the molecule is Nc1cccc(-c2nccn2C2CCCCNC2=O)c1. The molecule has 104 valence electrons. The summed E-state index contributed by atoms with van der Waals surface area (Å²) < 4.78 is 1.95. The molecule has 1 aromatic heterocycles. The maximum Gasteiger partial charge on any atom is 0.243 e. The molecule has 1 aromatic carbocycles. The van der Waals surface area contributed by atoms with Gasteiger partial charge in [0.25, 0.3) is 0 Å². The number of benzene rings is 1. The molecule has 20 heavy (non-hydrogen) atoms. The van der Waals surface area contributed by atoms with Gasteiger partial charge in [0.1, 0.15) is 11.9 Å². The smallest absolute Gasteiger partial charge is 0.243 e. The molecule has 5 nitrogen and oxygen atoms in total. The van der Waals surface area contributed by atoms with E-state index in [1.54, 1.807) is 6.20 Å². The molecule has 1 amide bonds. The van der Waals surface area contributed by atoms with Crippen LogP contribution in [0.25, 0.3) is 11.4 Å². The number of nitrogens with two attached hydrogens (primary N) is 1. The van der Waals surface area contributed by atoms with E-state index >= 15 is 0 Å². The van der Waals surface area contributed by atoms with Crippen LogP contribution in [-0.4, -0.2) is 22.0 Å². The zero-order valence-corrected chi connectivity index (χ0v) is 11.2. The summed E-state index contributed by atoms with van der Waals surface area (Å²) in [6, 6.07) is 7.40. The van der Waals surface area contributed by atoms with Gasteiger partial charge < -0.3 is 15.6 Å². The number of nitrogens with one attached hydrogen (secondary N) is 1. The van der Waals surface area contributed by atoms with Gasteiger partial charge in [0.15, 0.2) is 0 Å². The first-order valence-electron chi connectivity index (χ1n) is 6.92. The minimum Gasteiger partial charge on any atom is -0.399 e. The molecule has 0 bridgehead atoms. The molecule has 0 aliphatic carbocycles. The fourth-order valence-electron chi connectivity index (χ4n) is 2.65. The summed E-state index contributed by atoms with van der Waals surface area (Å²) in [5.41, 5.74) is 7.46. The highest BCUT2D eigenvalue weighted by molar-refractivity contribution is 5.81. The zero-order chi connectivity index (χ0) is 13.9. The highest BCUT2D eigenvalue weighted by Crippen LogP contribution is 2.26. The normalized spacial score (nSPS) is 19.4. The maximum absolute atomic E-state index is 12.2. The highest BCUT2D eigenvalue weighted by atomic mass is 16.2. The van der Waals surface area contributed by atoms with Crippen molar-refractivity contribution in [3.05, 3.63) is 36.7 Å². The molecule has 2 heterocycles. The van der Waals surface area contributed by atoms with Crippen molar-refractivity contribution in [3.8, 4) is 11.4 Å². The Morgan fingerprint density at radius 3 is 3.10 bits per heavy atom. The van der Waals surface area contributed by atoms with Crippen LogP contribution in [0, 0.1) is 0 Å². The Bertz CT molecular complexity index is 620.